The molecule has 4 nitrogen and oxygen atoms in total. The Kier molecular flexibility index (Phi) is 10.9. The second-order valence-corrected chi connectivity index (χ2v) is 19.7. The van der Waals surface area contributed by atoms with Crippen LogP contribution in [0.2, 0.25) is 5.02 Å². The van der Waals surface area contributed by atoms with Crippen molar-refractivity contribution in [3.05, 3.63) is 186 Å². The highest BCUT2D eigenvalue weighted by molar-refractivity contribution is 6.30. The van der Waals surface area contributed by atoms with Gasteiger partial charge in [-0.3, -0.25) is 0 Å². The number of fused-ring (bicyclic) bond motifs is 8. The molecule has 0 saturated carbocycles. The van der Waals surface area contributed by atoms with Crippen LogP contribution in [0.3, 0.4) is 0 Å². The van der Waals surface area contributed by atoms with Crippen molar-refractivity contribution in [2.75, 3.05) is 0 Å². The number of H-pyrrole nitrogens is 2. The van der Waals surface area contributed by atoms with Crippen molar-refractivity contribution >= 4 is 58.0 Å². The van der Waals surface area contributed by atoms with Crippen LogP contribution < -0.4 is 0 Å². The molecule has 0 atom stereocenters. The number of benzene rings is 5. The summed E-state index contributed by atoms with van der Waals surface area (Å²) in [7, 11) is 0. The third-order valence-corrected chi connectivity index (χ3v) is 14.0. The van der Waals surface area contributed by atoms with Gasteiger partial charge in [0.1, 0.15) is 0 Å². The fourth-order valence-corrected chi connectivity index (χ4v) is 11.6. The molecule has 0 radical (unpaired) electrons. The predicted molar refractivity (Wildman–Crippen MR) is 288 cm³/mol. The van der Waals surface area contributed by atoms with E-state index in [1.807, 2.05) is 12.1 Å². The molecule has 0 unspecified atom stereocenters. The van der Waals surface area contributed by atoms with E-state index in [2.05, 4.69) is 196 Å². The summed E-state index contributed by atoms with van der Waals surface area (Å²) in [6.45, 7) is 26.5. The van der Waals surface area contributed by atoms with Crippen molar-refractivity contribution in [1.29, 1.82) is 0 Å². The first-order valence-electron chi connectivity index (χ1n) is 23.3. The second kappa shape index (κ2) is 16.7. The van der Waals surface area contributed by atoms with Crippen molar-refractivity contribution < 1.29 is 0 Å². The van der Waals surface area contributed by atoms with Gasteiger partial charge in [-0.25, -0.2) is 9.97 Å². The molecule has 2 aliphatic heterocycles. The van der Waals surface area contributed by atoms with Gasteiger partial charge in [-0.1, -0.05) is 94.5 Å². The summed E-state index contributed by atoms with van der Waals surface area (Å²) in [6, 6.07) is 33.4. The lowest BCUT2D eigenvalue weighted by atomic mass is 9.91. The van der Waals surface area contributed by atoms with Crippen molar-refractivity contribution in [2.24, 2.45) is 0 Å². The van der Waals surface area contributed by atoms with Crippen LogP contribution in [-0.2, 0) is 0 Å². The summed E-state index contributed by atoms with van der Waals surface area (Å²) >= 11 is 6.62. The van der Waals surface area contributed by atoms with E-state index in [4.69, 9.17) is 21.6 Å². The third-order valence-electron chi connectivity index (χ3n) is 13.7. The van der Waals surface area contributed by atoms with E-state index in [0.29, 0.717) is 5.02 Å². The molecule has 0 aliphatic carbocycles. The van der Waals surface area contributed by atoms with Crippen LogP contribution in [0.5, 0.6) is 0 Å². The van der Waals surface area contributed by atoms with E-state index in [-0.39, 0.29) is 0 Å². The van der Waals surface area contributed by atoms with Gasteiger partial charge in [-0.2, -0.15) is 0 Å². The second-order valence-electron chi connectivity index (χ2n) is 19.3. The fraction of sp³-hybridized carbons (Fsp3) is 0.194. The lowest BCUT2D eigenvalue weighted by Gasteiger charge is -2.15. The summed E-state index contributed by atoms with van der Waals surface area (Å²) in [5, 5.41) is 0.695. The van der Waals surface area contributed by atoms with Gasteiger partial charge < -0.3 is 9.97 Å². The van der Waals surface area contributed by atoms with Crippen LogP contribution in [0, 0.1) is 83.1 Å². The van der Waals surface area contributed by atoms with Crippen molar-refractivity contribution in [3.8, 4) is 55.6 Å². The van der Waals surface area contributed by atoms with Gasteiger partial charge >= 0.3 is 0 Å². The molecule has 5 heterocycles. The molecule has 2 aliphatic rings. The Balaban J connectivity index is 1.51. The van der Waals surface area contributed by atoms with Crippen LogP contribution >= 0.6 is 11.6 Å². The summed E-state index contributed by atoms with van der Waals surface area (Å²) in [5.41, 5.74) is 33.1. The molecule has 0 fully saturated rings. The van der Waals surface area contributed by atoms with E-state index in [1.54, 1.807) is 0 Å². The Hall–Kier alpha value is -7.01. The Labute approximate surface area is 400 Å². The molecule has 0 spiro atoms. The van der Waals surface area contributed by atoms with Gasteiger partial charge in [0.25, 0.3) is 0 Å². The number of aryl methyl sites for hydroxylation is 12. The molecule has 8 bridgehead atoms. The van der Waals surface area contributed by atoms with Crippen LogP contribution in [0.1, 0.15) is 89.5 Å². The number of halogens is 1. The first kappa shape index (κ1) is 43.9. The third kappa shape index (κ3) is 7.68. The lowest BCUT2D eigenvalue weighted by molar-refractivity contribution is 1.24. The van der Waals surface area contributed by atoms with Crippen LogP contribution in [-0.4, -0.2) is 19.9 Å². The zero-order valence-electron chi connectivity index (χ0n) is 40.7. The van der Waals surface area contributed by atoms with Crippen molar-refractivity contribution in [1.82, 2.24) is 19.9 Å². The maximum absolute atomic E-state index is 6.62. The van der Waals surface area contributed by atoms with Gasteiger partial charge in [-0.15, -0.1) is 0 Å². The maximum atomic E-state index is 6.62. The van der Waals surface area contributed by atoms with Crippen LogP contribution in [0.15, 0.2) is 91.0 Å². The molecule has 0 saturated heterocycles. The Bertz CT molecular complexity index is 3550. The fourth-order valence-electron chi connectivity index (χ4n) is 11.5. The van der Waals surface area contributed by atoms with Crippen LogP contribution in [0.25, 0.3) is 102 Å². The normalized spacial score (nSPS) is 12.1. The molecule has 8 aromatic rings. The minimum atomic E-state index is 0.695. The maximum Gasteiger partial charge on any atom is 0.0738 e. The van der Waals surface area contributed by atoms with E-state index in [0.717, 1.165) is 89.4 Å². The molecule has 67 heavy (non-hydrogen) atoms. The molecule has 0 amide bonds. The smallest absolute Gasteiger partial charge is 0.0738 e. The molecule has 5 aromatic carbocycles. The number of nitrogens with one attached hydrogen (secondary N) is 2. The highest BCUT2D eigenvalue weighted by atomic mass is 35.5. The number of rotatable bonds is 5. The molecule has 10 rings (SSSR count). The zero-order valence-corrected chi connectivity index (χ0v) is 41.5. The van der Waals surface area contributed by atoms with Gasteiger partial charge in [0, 0.05) is 49.4 Å². The summed E-state index contributed by atoms with van der Waals surface area (Å²) in [5.74, 6) is 0. The SMILES string of the molecule is Cc1cc(C)c(-c2c3nc(c(-c4c(C)cc(C)cc4C)c4ccc([nH]4)c(-c4c(C)cc(C)cc4C)c4cc(-c5ccc(Cl)cc5)c([nH]4)c(-c4c(C)cc(C)cc4C)c4nc2C=C4)C=C3)c(C)c1. The topological polar surface area (TPSA) is 57.4 Å². The molecular formula is C62H57ClN4. The summed E-state index contributed by atoms with van der Waals surface area (Å²) < 4.78 is 0. The highest BCUT2D eigenvalue weighted by Gasteiger charge is 2.25. The summed E-state index contributed by atoms with van der Waals surface area (Å²) in [6.07, 6.45) is 8.81. The van der Waals surface area contributed by atoms with E-state index < -0.39 is 0 Å². The first-order chi connectivity index (χ1) is 32.0. The number of hydrogen-bond acceptors (Lipinski definition) is 2. The number of aromatic amines is 2. The largest absolute Gasteiger partial charge is 0.354 e. The van der Waals surface area contributed by atoms with Crippen molar-refractivity contribution in [2.45, 2.75) is 83.1 Å². The number of aromatic nitrogens is 4. The molecule has 5 heteroatoms. The molecule has 3 aromatic heterocycles. The lowest BCUT2D eigenvalue weighted by Crippen LogP contribution is -1.97. The Morgan fingerprint density at radius 1 is 0.328 bits per heavy atom. The molecular weight excluding hydrogens is 836 g/mol. The molecule has 332 valence electrons. The van der Waals surface area contributed by atoms with Crippen molar-refractivity contribution in [3.63, 3.8) is 0 Å². The quantitative estimate of drug-likeness (QED) is 0.181. The molecule has 2 N–H and O–H groups in total. The minimum Gasteiger partial charge on any atom is -0.354 e. The van der Waals surface area contributed by atoms with Gasteiger partial charge in [0.05, 0.1) is 28.3 Å². The first-order valence-corrected chi connectivity index (χ1v) is 23.7. The Morgan fingerprint density at radius 2 is 0.672 bits per heavy atom. The van der Waals surface area contributed by atoms with E-state index >= 15 is 0 Å². The van der Waals surface area contributed by atoms with Gasteiger partial charge in [0.15, 0.2) is 0 Å². The van der Waals surface area contributed by atoms with E-state index in [1.165, 1.54) is 77.9 Å². The predicted octanol–water partition coefficient (Wildman–Crippen LogP) is 17.3. The van der Waals surface area contributed by atoms with E-state index in [9.17, 15) is 0 Å². The minimum absolute atomic E-state index is 0.695. The average Bonchev–Trinajstić information content (AvgIpc) is 4.08. The van der Waals surface area contributed by atoms with Crippen LogP contribution in [0.4, 0.5) is 0 Å². The number of nitrogens with zero attached hydrogens (tertiary/aromatic N) is 2. The van der Waals surface area contributed by atoms with Gasteiger partial charge in [0.2, 0.25) is 0 Å². The Morgan fingerprint density at radius 3 is 1.10 bits per heavy atom. The monoisotopic (exact) mass is 892 g/mol. The standard InChI is InChI=1S/C62H57ClN4/c1-32-23-36(5)54(37(6)24-32)58-47-17-18-48(64-47)59(55-38(7)25-33(2)26-39(55)8)50-21-22-52(66-50)61(57-42(11)29-35(4)30-43(57)12)62-46(44-13-15-45(63)16-14-44)31-53(67-62)60(51-20-19-49(58)65-51)56-40(9)27-34(3)28-41(56)10/h13-31,65,67H,1-12H3. The zero-order chi connectivity index (χ0) is 47.2. The number of hydrogen-bond donors (Lipinski definition) is 2. The summed E-state index contributed by atoms with van der Waals surface area (Å²) in [4.78, 5) is 19.6. The highest BCUT2D eigenvalue weighted by Crippen LogP contribution is 2.45. The average molecular weight is 894 g/mol. The van der Waals surface area contributed by atoms with Gasteiger partial charge in [-0.05, 0) is 210 Å².